The SMILES string of the molecule is CNc1nc(N)nc2c1ncn2[C@@H]1O[C@H](COP(=O)(N[C@@H](C)C(=O)OCC(C)(C)C)Oc2cccc3ccccc23)[C@@H](O)[C@@]1(C)O. The summed E-state index contributed by atoms with van der Waals surface area (Å²) < 4.78 is 39.1. The summed E-state index contributed by atoms with van der Waals surface area (Å²) in [7, 11) is -2.71. The number of nitrogens with two attached hydrogens (primary N) is 1. The van der Waals surface area contributed by atoms with Gasteiger partial charge in [-0.1, -0.05) is 57.2 Å². The fourth-order valence-corrected chi connectivity index (χ4v) is 6.55. The zero-order valence-corrected chi connectivity index (χ0v) is 27.4. The van der Waals surface area contributed by atoms with E-state index in [1.807, 2.05) is 45.0 Å². The lowest BCUT2D eigenvalue weighted by Crippen LogP contribution is -2.44. The normalized spacial score (nSPS) is 23.7. The number of imidazole rings is 1. The molecular formula is C30H40N7O8P. The number of aromatic nitrogens is 4. The molecule has 1 aliphatic rings. The van der Waals surface area contributed by atoms with Crippen molar-refractivity contribution in [3.05, 3.63) is 48.8 Å². The van der Waals surface area contributed by atoms with E-state index in [9.17, 15) is 19.6 Å². The Balaban J connectivity index is 1.40. The van der Waals surface area contributed by atoms with Gasteiger partial charge in [-0.05, 0) is 30.7 Å². The highest BCUT2D eigenvalue weighted by molar-refractivity contribution is 7.52. The topological polar surface area (TPSA) is 205 Å². The Hall–Kier alpha value is -3.85. The smallest absolute Gasteiger partial charge is 0.459 e. The summed E-state index contributed by atoms with van der Waals surface area (Å²) in [5, 5.41) is 29.6. The molecule has 46 heavy (non-hydrogen) atoms. The van der Waals surface area contributed by atoms with Gasteiger partial charge in [-0.15, -0.1) is 0 Å². The molecule has 6 atom stereocenters. The molecule has 15 nitrogen and oxygen atoms in total. The average Bonchev–Trinajstić information content (AvgIpc) is 3.51. The molecule has 3 heterocycles. The Morgan fingerprint density at radius 3 is 2.65 bits per heavy atom. The van der Waals surface area contributed by atoms with E-state index in [2.05, 4.69) is 25.4 Å². The number of carbonyl (C=O) groups excluding carboxylic acids is 1. The van der Waals surface area contributed by atoms with Gasteiger partial charge in [-0.3, -0.25) is 13.9 Å². The Bertz CT molecular complexity index is 1770. The van der Waals surface area contributed by atoms with E-state index in [0.29, 0.717) is 16.7 Å². The molecule has 1 fully saturated rings. The number of rotatable bonds is 11. The van der Waals surface area contributed by atoms with Gasteiger partial charge in [0.25, 0.3) is 0 Å². The van der Waals surface area contributed by atoms with E-state index in [4.69, 9.17) is 24.3 Å². The third-order valence-electron chi connectivity index (χ3n) is 7.41. The molecule has 1 unspecified atom stereocenters. The molecule has 0 saturated carbocycles. The summed E-state index contributed by atoms with van der Waals surface area (Å²) in [6.45, 7) is 8.25. The van der Waals surface area contributed by atoms with E-state index < -0.39 is 50.4 Å². The number of ether oxygens (including phenoxy) is 2. The van der Waals surface area contributed by atoms with E-state index in [1.54, 1.807) is 25.2 Å². The third kappa shape index (κ3) is 6.94. The van der Waals surface area contributed by atoms with Crippen molar-refractivity contribution in [2.24, 2.45) is 5.41 Å². The maximum Gasteiger partial charge on any atom is 0.459 e. The number of nitrogens with zero attached hydrogens (tertiary/aromatic N) is 4. The zero-order valence-electron chi connectivity index (χ0n) is 26.5. The van der Waals surface area contributed by atoms with Gasteiger partial charge in [0.05, 0.1) is 19.5 Å². The summed E-state index contributed by atoms with van der Waals surface area (Å²) in [6, 6.07) is 11.5. The van der Waals surface area contributed by atoms with Gasteiger partial charge < -0.3 is 35.3 Å². The van der Waals surface area contributed by atoms with Gasteiger partial charge in [-0.2, -0.15) is 15.1 Å². The van der Waals surface area contributed by atoms with Crippen LogP contribution in [0, 0.1) is 5.41 Å². The summed E-state index contributed by atoms with van der Waals surface area (Å²) in [5.74, 6) is -0.0875. The summed E-state index contributed by atoms with van der Waals surface area (Å²) in [6.07, 6.45) is -2.53. The van der Waals surface area contributed by atoms with E-state index in [-0.39, 0.29) is 29.4 Å². The number of aliphatic hydroxyl groups excluding tert-OH is 1. The standard InChI is InChI=1S/C30H40N7O8P/c1-17(26(39)42-15-29(2,3)4)36-46(41,45-20-13-9-11-18-10-7-8-12-19(18)20)43-14-21-23(38)30(5,40)27(44-21)37-16-33-22-24(32-6)34-28(31)35-25(22)37/h7-13,16-17,21,23,27,38,40H,14-15H2,1-6H3,(H,36,41)(H3,31,32,34,35)/t17-,21+,23+,27+,30+,46?/m0/s1. The van der Waals surface area contributed by atoms with Gasteiger partial charge in [0.15, 0.2) is 23.2 Å². The Labute approximate surface area is 266 Å². The van der Waals surface area contributed by atoms with Crippen molar-refractivity contribution in [2.45, 2.75) is 64.7 Å². The molecule has 0 amide bonds. The summed E-state index contributed by atoms with van der Waals surface area (Å²) >= 11 is 0. The number of benzene rings is 2. The van der Waals surface area contributed by atoms with Crippen molar-refractivity contribution in [1.82, 2.24) is 24.6 Å². The van der Waals surface area contributed by atoms with Crippen molar-refractivity contribution in [3.8, 4) is 5.75 Å². The van der Waals surface area contributed by atoms with Crippen LogP contribution in [0.25, 0.3) is 21.9 Å². The van der Waals surface area contributed by atoms with Crippen LogP contribution in [-0.4, -0.2) is 79.8 Å². The predicted molar refractivity (Wildman–Crippen MR) is 171 cm³/mol. The molecular weight excluding hydrogens is 617 g/mol. The Kier molecular flexibility index (Phi) is 9.28. The number of anilines is 2. The largest absolute Gasteiger partial charge is 0.464 e. The van der Waals surface area contributed by atoms with Crippen LogP contribution in [0.4, 0.5) is 11.8 Å². The van der Waals surface area contributed by atoms with Crippen LogP contribution < -0.4 is 20.7 Å². The van der Waals surface area contributed by atoms with Crippen molar-refractivity contribution in [1.29, 1.82) is 0 Å². The van der Waals surface area contributed by atoms with Gasteiger partial charge in [-0.25, -0.2) is 9.55 Å². The van der Waals surface area contributed by atoms with Crippen LogP contribution in [0.5, 0.6) is 5.75 Å². The molecule has 2 aromatic carbocycles. The summed E-state index contributed by atoms with van der Waals surface area (Å²) in [4.78, 5) is 25.5. The van der Waals surface area contributed by atoms with Crippen molar-refractivity contribution in [2.75, 3.05) is 31.3 Å². The molecule has 0 bridgehead atoms. The Morgan fingerprint density at radius 2 is 1.93 bits per heavy atom. The minimum Gasteiger partial charge on any atom is -0.464 e. The molecule has 0 radical (unpaired) electrons. The Morgan fingerprint density at radius 1 is 1.22 bits per heavy atom. The monoisotopic (exact) mass is 657 g/mol. The van der Waals surface area contributed by atoms with E-state index in [0.717, 1.165) is 5.39 Å². The second-order valence-electron chi connectivity index (χ2n) is 12.6. The van der Waals surface area contributed by atoms with Crippen LogP contribution in [0.1, 0.15) is 40.8 Å². The highest BCUT2D eigenvalue weighted by Gasteiger charge is 2.54. The van der Waals surface area contributed by atoms with Gasteiger partial charge >= 0.3 is 13.7 Å². The number of hydrogen-bond donors (Lipinski definition) is 5. The lowest BCUT2D eigenvalue weighted by Gasteiger charge is -2.27. The first-order chi connectivity index (χ1) is 21.6. The maximum atomic E-state index is 14.3. The first-order valence-electron chi connectivity index (χ1n) is 14.7. The zero-order chi connectivity index (χ0) is 33.4. The van der Waals surface area contributed by atoms with Crippen LogP contribution in [0.3, 0.4) is 0 Å². The fourth-order valence-electron chi connectivity index (χ4n) is 5.03. The molecule has 248 valence electrons. The molecule has 6 N–H and O–H groups in total. The lowest BCUT2D eigenvalue weighted by molar-refractivity contribution is -0.148. The third-order valence-corrected chi connectivity index (χ3v) is 9.04. The van der Waals surface area contributed by atoms with Gasteiger partial charge in [0, 0.05) is 12.4 Å². The fraction of sp³-hybridized carbons (Fsp3) is 0.467. The maximum absolute atomic E-state index is 14.3. The van der Waals surface area contributed by atoms with Crippen molar-refractivity contribution >= 4 is 47.4 Å². The minimum absolute atomic E-state index is 0.0376. The lowest BCUT2D eigenvalue weighted by atomic mass is 9.96. The number of nitrogen functional groups attached to an aromatic ring is 1. The molecule has 16 heteroatoms. The molecule has 4 aromatic rings. The quantitative estimate of drug-likeness (QED) is 0.116. The second kappa shape index (κ2) is 12.7. The number of hydrogen-bond acceptors (Lipinski definition) is 13. The van der Waals surface area contributed by atoms with Crippen molar-refractivity contribution in [3.63, 3.8) is 0 Å². The number of nitrogens with one attached hydrogen (secondary N) is 2. The minimum atomic E-state index is -4.37. The second-order valence-corrected chi connectivity index (χ2v) is 14.3. The predicted octanol–water partition coefficient (Wildman–Crippen LogP) is 3.38. The van der Waals surface area contributed by atoms with E-state index in [1.165, 1.54) is 24.7 Å². The van der Waals surface area contributed by atoms with Crippen LogP contribution in [0.15, 0.2) is 48.8 Å². The molecule has 0 aliphatic carbocycles. The summed E-state index contributed by atoms with van der Waals surface area (Å²) in [5.41, 5.74) is 4.35. The number of carbonyl (C=O) groups is 1. The number of esters is 1. The highest BCUT2D eigenvalue weighted by Crippen LogP contribution is 2.48. The van der Waals surface area contributed by atoms with Gasteiger partial charge in [0.1, 0.15) is 29.6 Å². The van der Waals surface area contributed by atoms with Crippen LogP contribution >= 0.6 is 7.75 Å². The van der Waals surface area contributed by atoms with Crippen LogP contribution in [-0.2, 0) is 23.4 Å². The van der Waals surface area contributed by atoms with Crippen LogP contribution in [0.2, 0.25) is 0 Å². The first kappa shape index (κ1) is 33.5. The van der Waals surface area contributed by atoms with Crippen molar-refractivity contribution < 1.29 is 38.1 Å². The highest BCUT2D eigenvalue weighted by atomic mass is 31.2. The molecule has 1 saturated heterocycles. The number of aliphatic hydroxyl groups is 2. The number of fused-ring (bicyclic) bond motifs is 2. The molecule has 5 rings (SSSR count). The molecule has 0 spiro atoms. The first-order valence-corrected chi connectivity index (χ1v) is 16.3. The molecule has 1 aliphatic heterocycles. The van der Waals surface area contributed by atoms with Gasteiger partial charge in [0.2, 0.25) is 5.95 Å². The van der Waals surface area contributed by atoms with E-state index >= 15 is 0 Å². The average molecular weight is 658 g/mol. The molecule has 2 aromatic heterocycles.